The van der Waals surface area contributed by atoms with Gasteiger partial charge in [0.15, 0.2) is 0 Å². The van der Waals surface area contributed by atoms with Gasteiger partial charge in [-0.15, -0.1) is 0 Å². The Morgan fingerprint density at radius 1 is 1.18 bits per heavy atom. The summed E-state index contributed by atoms with van der Waals surface area (Å²) in [6, 6.07) is 9.60. The summed E-state index contributed by atoms with van der Waals surface area (Å²) in [5, 5.41) is 0. The average molecular weight is 298 g/mol. The third kappa shape index (κ3) is 3.00. The van der Waals surface area contributed by atoms with Gasteiger partial charge in [0, 0.05) is 37.9 Å². The maximum absolute atomic E-state index is 12.3. The Morgan fingerprint density at radius 2 is 1.95 bits per heavy atom. The number of benzene rings is 1. The van der Waals surface area contributed by atoms with Crippen LogP contribution < -0.4 is 10.5 Å². The molecule has 114 valence electrons. The minimum Gasteiger partial charge on any atom is -0.368 e. The first-order chi connectivity index (χ1) is 10.6. The van der Waals surface area contributed by atoms with Crippen molar-refractivity contribution < 1.29 is 4.79 Å². The Bertz CT molecular complexity index is 733. The van der Waals surface area contributed by atoms with Crippen LogP contribution >= 0.6 is 0 Å². The Balaban J connectivity index is 1.67. The van der Waals surface area contributed by atoms with Crippen molar-refractivity contribution in [1.29, 1.82) is 0 Å². The van der Waals surface area contributed by atoms with Crippen molar-refractivity contribution in [2.45, 2.75) is 6.92 Å². The first-order valence-corrected chi connectivity index (χ1v) is 7.29. The number of carbonyl (C=O) groups excluding carboxylic acids is 1. The van der Waals surface area contributed by atoms with Gasteiger partial charge in [0.1, 0.15) is 5.69 Å². The lowest BCUT2D eigenvalue weighted by atomic mass is 10.2. The SMILES string of the molecule is Cc1cccc(N2CCN(C(=O)c3cc(=O)[nH]cn3)CC2)c1. The van der Waals surface area contributed by atoms with Crippen molar-refractivity contribution in [1.82, 2.24) is 14.9 Å². The first-order valence-electron chi connectivity index (χ1n) is 7.29. The monoisotopic (exact) mass is 298 g/mol. The Morgan fingerprint density at radius 3 is 2.64 bits per heavy atom. The van der Waals surface area contributed by atoms with Crippen LogP contribution in [0.25, 0.3) is 0 Å². The van der Waals surface area contributed by atoms with Crippen molar-refractivity contribution in [3.05, 3.63) is 58.3 Å². The number of hydrogen-bond acceptors (Lipinski definition) is 4. The molecule has 1 amide bonds. The summed E-state index contributed by atoms with van der Waals surface area (Å²) in [7, 11) is 0. The third-order valence-electron chi connectivity index (χ3n) is 3.83. The van der Waals surface area contributed by atoms with E-state index in [0.29, 0.717) is 13.1 Å². The summed E-state index contributed by atoms with van der Waals surface area (Å²) in [5.74, 6) is -0.185. The molecule has 2 aromatic rings. The van der Waals surface area contributed by atoms with E-state index in [-0.39, 0.29) is 17.2 Å². The van der Waals surface area contributed by atoms with Gasteiger partial charge in [-0.3, -0.25) is 9.59 Å². The number of aromatic amines is 1. The quantitative estimate of drug-likeness (QED) is 0.899. The lowest BCUT2D eigenvalue weighted by Crippen LogP contribution is -2.49. The van der Waals surface area contributed by atoms with Gasteiger partial charge >= 0.3 is 0 Å². The van der Waals surface area contributed by atoms with E-state index in [1.165, 1.54) is 23.6 Å². The van der Waals surface area contributed by atoms with Crippen LogP contribution in [0.1, 0.15) is 16.1 Å². The highest BCUT2D eigenvalue weighted by molar-refractivity contribution is 5.92. The van der Waals surface area contributed by atoms with E-state index in [9.17, 15) is 9.59 Å². The van der Waals surface area contributed by atoms with Crippen molar-refractivity contribution >= 4 is 11.6 Å². The minimum atomic E-state index is -0.309. The summed E-state index contributed by atoms with van der Waals surface area (Å²) in [4.78, 5) is 34.0. The van der Waals surface area contributed by atoms with Crippen LogP contribution in [0.4, 0.5) is 5.69 Å². The molecular formula is C16H18N4O2. The second-order valence-electron chi connectivity index (χ2n) is 5.41. The molecule has 1 aromatic heterocycles. The molecule has 0 saturated carbocycles. The van der Waals surface area contributed by atoms with Crippen LogP contribution in [0, 0.1) is 6.92 Å². The Hall–Kier alpha value is -2.63. The van der Waals surface area contributed by atoms with Gasteiger partial charge in [-0.25, -0.2) is 4.98 Å². The molecule has 1 saturated heterocycles. The second kappa shape index (κ2) is 6.01. The van der Waals surface area contributed by atoms with Gasteiger partial charge in [-0.2, -0.15) is 0 Å². The Kier molecular flexibility index (Phi) is 3.91. The number of rotatable bonds is 2. The van der Waals surface area contributed by atoms with E-state index in [4.69, 9.17) is 0 Å². The molecule has 0 bridgehead atoms. The van der Waals surface area contributed by atoms with Crippen LogP contribution in [-0.4, -0.2) is 47.0 Å². The van der Waals surface area contributed by atoms with E-state index < -0.39 is 0 Å². The van der Waals surface area contributed by atoms with E-state index in [1.54, 1.807) is 4.90 Å². The van der Waals surface area contributed by atoms with Crippen molar-refractivity contribution in [3.63, 3.8) is 0 Å². The maximum atomic E-state index is 12.3. The highest BCUT2D eigenvalue weighted by Crippen LogP contribution is 2.18. The zero-order valence-electron chi connectivity index (χ0n) is 12.5. The molecule has 6 heteroatoms. The molecule has 1 fully saturated rings. The number of nitrogens with one attached hydrogen (secondary N) is 1. The van der Waals surface area contributed by atoms with Crippen molar-refractivity contribution in [2.75, 3.05) is 31.1 Å². The van der Waals surface area contributed by atoms with E-state index in [1.807, 2.05) is 6.07 Å². The fourth-order valence-corrected chi connectivity index (χ4v) is 2.64. The first kappa shape index (κ1) is 14.3. The number of anilines is 1. The molecule has 0 radical (unpaired) electrons. The van der Waals surface area contributed by atoms with E-state index in [2.05, 4.69) is 40.0 Å². The zero-order valence-corrected chi connectivity index (χ0v) is 12.5. The zero-order chi connectivity index (χ0) is 15.5. The van der Waals surface area contributed by atoms with Crippen molar-refractivity contribution in [3.8, 4) is 0 Å². The highest BCUT2D eigenvalue weighted by Gasteiger charge is 2.23. The molecule has 1 aromatic carbocycles. The summed E-state index contributed by atoms with van der Waals surface area (Å²) in [6.07, 6.45) is 1.26. The number of nitrogens with zero attached hydrogens (tertiary/aromatic N) is 3. The van der Waals surface area contributed by atoms with Gasteiger partial charge in [-0.05, 0) is 24.6 Å². The van der Waals surface area contributed by atoms with Gasteiger partial charge in [0.25, 0.3) is 11.5 Å². The van der Waals surface area contributed by atoms with Crippen LogP contribution in [-0.2, 0) is 0 Å². The van der Waals surface area contributed by atoms with Crippen LogP contribution in [0.15, 0.2) is 41.5 Å². The summed E-state index contributed by atoms with van der Waals surface area (Å²) in [5.41, 5.74) is 2.30. The van der Waals surface area contributed by atoms with Crippen LogP contribution in [0.2, 0.25) is 0 Å². The number of amides is 1. The second-order valence-corrected chi connectivity index (χ2v) is 5.41. The lowest BCUT2D eigenvalue weighted by molar-refractivity contribution is 0.0740. The molecule has 3 rings (SSSR count). The highest BCUT2D eigenvalue weighted by atomic mass is 16.2. The fraction of sp³-hybridized carbons (Fsp3) is 0.312. The van der Waals surface area contributed by atoms with Gasteiger partial charge in [0.2, 0.25) is 0 Å². The fourth-order valence-electron chi connectivity index (χ4n) is 2.64. The molecule has 0 unspecified atom stereocenters. The molecular weight excluding hydrogens is 280 g/mol. The number of H-pyrrole nitrogens is 1. The van der Waals surface area contributed by atoms with E-state index in [0.717, 1.165) is 13.1 Å². The number of carbonyl (C=O) groups is 1. The standard InChI is InChI=1S/C16H18N4O2/c1-12-3-2-4-13(9-12)19-5-7-20(8-6-19)16(22)14-10-15(21)18-11-17-14/h2-4,9-11H,5-8H2,1H3,(H,17,18,21). The predicted octanol–water partition coefficient (Wildman–Crippen LogP) is 1.04. The molecule has 0 aliphatic carbocycles. The lowest BCUT2D eigenvalue weighted by Gasteiger charge is -2.36. The molecule has 0 atom stereocenters. The summed E-state index contributed by atoms with van der Waals surface area (Å²) >= 11 is 0. The average Bonchev–Trinajstić information content (AvgIpc) is 2.54. The van der Waals surface area contributed by atoms with Crippen LogP contribution in [0.5, 0.6) is 0 Å². The number of aromatic nitrogens is 2. The van der Waals surface area contributed by atoms with Crippen molar-refractivity contribution in [2.24, 2.45) is 0 Å². The van der Waals surface area contributed by atoms with Crippen LogP contribution in [0.3, 0.4) is 0 Å². The van der Waals surface area contributed by atoms with Gasteiger partial charge < -0.3 is 14.8 Å². The van der Waals surface area contributed by atoms with Gasteiger partial charge in [-0.1, -0.05) is 12.1 Å². The molecule has 22 heavy (non-hydrogen) atoms. The number of aryl methyl sites for hydroxylation is 1. The molecule has 2 heterocycles. The topological polar surface area (TPSA) is 69.3 Å². The normalized spacial score (nSPS) is 15.0. The summed E-state index contributed by atoms with van der Waals surface area (Å²) in [6.45, 7) is 4.88. The largest absolute Gasteiger partial charge is 0.368 e. The molecule has 1 aliphatic rings. The molecule has 1 N–H and O–H groups in total. The third-order valence-corrected chi connectivity index (χ3v) is 3.83. The smallest absolute Gasteiger partial charge is 0.272 e. The predicted molar refractivity (Wildman–Crippen MR) is 84.2 cm³/mol. The number of hydrogen-bond donors (Lipinski definition) is 1. The Labute approximate surface area is 128 Å². The molecule has 0 spiro atoms. The van der Waals surface area contributed by atoms with Gasteiger partial charge in [0.05, 0.1) is 6.33 Å². The molecule has 6 nitrogen and oxygen atoms in total. The molecule has 1 aliphatic heterocycles. The number of piperazine rings is 1. The minimum absolute atomic E-state index is 0.185. The maximum Gasteiger partial charge on any atom is 0.272 e. The van der Waals surface area contributed by atoms with E-state index >= 15 is 0 Å². The summed E-state index contributed by atoms with van der Waals surface area (Å²) < 4.78 is 0.